The molecule has 2 nitrogen and oxygen atoms in total. The van der Waals surface area contributed by atoms with Crippen molar-refractivity contribution in [3.05, 3.63) is 34.9 Å². The van der Waals surface area contributed by atoms with Gasteiger partial charge in [0.25, 0.3) is 5.91 Å². The Morgan fingerprint density at radius 3 is 2.18 bits per heavy atom. The third-order valence-electron chi connectivity index (χ3n) is 2.62. The van der Waals surface area contributed by atoms with E-state index in [9.17, 15) is 35.5 Å². The Balaban J connectivity index is 2.68. The molecule has 0 spiro atoms. The highest BCUT2D eigenvalue weighted by Crippen LogP contribution is 2.46. The maximum atomic E-state index is 13.0. The lowest BCUT2D eigenvalue weighted by atomic mass is 10.1. The van der Waals surface area contributed by atoms with Gasteiger partial charge in [-0.15, -0.1) is 0 Å². The summed E-state index contributed by atoms with van der Waals surface area (Å²) >= 11 is 5.64. The SMILES string of the molecule is O=C(NCCc1cccc(Cl)c1)C(F)(F)C(F)(F)C(F)(F)F. The molecule has 0 heterocycles. The van der Waals surface area contributed by atoms with Crippen LogP contribution in [0.2, 0.25) is 5.02 Å². The number of halogens is 8. The van der Waals surface area contributed by atoms with Crippen LogP contribution in [0.1, 0.15) is 5.56 Å². The predicted octanol–water partition coefficient (Wildman–Crippen LogP) is 3.83. The van der Waals surface area contributed by atoms with Crippen LogP contribution in [-0.2, 0) is 11.2 Å². The van der Waals surface area contributed by atoms with Crippen LogP contribution in [-0.4, -0.2) is 30.5 Å². The van der Waals surface area contributed by atoms with E-state index in [1.165, 1.54) is 29.6 Å². The topological polar surface area (TPSA) is 29.1 Å². The van der Waals surface area contributed by atoms with E-state index in [4.69, 9.17) is 11.6 Å². The molecule has 1 amide bonds. The Labute approximate surface area is 125 Å². The zero-order valence-electron chi connectivity index (χ0n) is 10.7. The molecular weight excluding hydrogens is 343 g/mol. The minimum atomic E-state index is -6.54. The van der Waals surface area contributed by atoms with E-state index in [0.29, 0.717) is 10.6 Å². The summed E-state index contributed by atoms with van der Waals surface area (Å²) in [6.45, 7) is -0.553. The van der Waals surface area contributed by atoms with Crippen molar-refractivity contribution < 1.29 is 35.5 Å². The summed E-state index contributed by atoms with van der Waals surface area (Å²) in [5, 5.41) is 1.67. The lowest BCUT2D eigenvalue weighted by Crippen LogP contribution is -2.59. The fraction of sp³-hybridized carbons (Fsp3) is 0.417. The van der Waals surface area contributed by atoms with Gasteiger partial charge in [0.1, 0.15) is 0 Å². The first-order chi connectivity index (χ1) is 9.89. The van der Waals surface area contributed by atoms with Crippen molar-refractivity contribution in [1.29, 1.82) is 0 Å². The van der Waals surface area contributed by atoms with E-state index in [-0.39, 0.29) is 6.42 Å². The highest BCUT2D eigenvalue weighted by molar-refractivity contribution is 6.30. The minimum Gasteiger partial charge on any atom is -0.350 e. The lowest BCUT2D eigenvalue weighted by Gasteiger charge is -2.27. The lowest BCUT2D eigenvalue weighted by molar-refractivity contribution is -0.344. The van der Waals surface area contributed by atoms with Crippen molar-refractivity contribution in [3.8, 4) is 0 Å². The molecule has 1 aromatic carbocycles. The summed E-state index contributed by atoms with van der Waals surface area (Å²) in [5.74, 6) is -15.1. The van der Waals surface area contributed by atoms with Gasteiger partial charge >= 0.3 is 18.0 Å². The zero-order chi connectivity index (χ0) is 17.2. The summed E-state index contributed by atoms with van der Waals surface area (Å²) in [5.41, 5.74) is 0.485. The van der Waals surface area contributed by atoms with Crippen LogP contribution < -0.4 is 5.32 Å². The Morgan fingerprint density at radius 2 is 1.68 bits per heavy atom. The maximum absolute atomic E-state index is 13.0. The molecule has 0 aliphatic carbocycles. The van der Waals surface area contributed by atoms with E-state index in [2.05, 4.69) is 0 Å². The molecule has 0 aliphatic heterocycles. The van der Waals surface area contributed by atoms with Crippen LogP contribution >= 0.6 is 11.6 Å². The van der Waals surface area contributed by atoms with Gasteiger partial charge in [0, 0.05) is 11.6 Å². The van der Waals surface area contributed by atoms with Crippen molar-refractivity contribution >= 4 is 17.5 Å². The monoisotopic (exact) mass is 351 g/mol. The average molecular weight is 352 g/mol. The van der Waals surface area contributed by atoms with Gasteiger partial charge in [-0.2, -0.15) is 30.7 Å². The van der Waals surface area contributed by atoms with Crippen molar-refractivity contribution in [1.82, 2.24) is 5.32 Å². The normalized spacial score (nSPS) is 13.1. The second-order valence-corrected chi connectivity index (χ2v) is 4.72. The van der Waals surface area contributed by atoms with Gasteiger partial charge in [-0.05, 0) is 24.1 Å². The summed E-state index contributed by atoms with van der Waals surface area (Å²) in [4.78, 5) is 10.9. The number of alkyl halides is 7. The van der Waals surface area contributed by atoms with Gasteiger partial charge in [0.05, 0.1) is 0 Å². The second kappa shape index (κ2) is 6.31. The van der Waals surface area contributed by atoms with Crippen LogP contribution in [0.15, 0.2) is 24.3 Å². The number of carbonyl (C=O) groups excluding carboxylic acids is 1. The zero-order valence-corrected chi connectivity index (χ0v) is 11.4. The summed E-state index contributed by atoms with van der Waals surface area (Å²) in [7, 11) is 0. The molecule has 22 heavy (non-hydrogen) atoms. The highest BCUT2D eigenvalue weighted by Gasteiger charge is 2.76. The summed E-state index contributed by atoms with van der Waals surface area (Å²) in [6, 6.07) is 5.98. The first kappa shape index (κ1) is 18.5. The third-order valence-corrected chi connectivity index (χ3v) is 2.86. The fourth-order valence-corrected chi connectivity index (χ4v) is 1.66. The van der Waals surface area contributed by atoms with E-state index in [0.717, 1.165) is 0 Å². The smallest absolute Gasteiger partial charge is 0.350 e. The van der Waals surface area contributed by atoms with E-state index in [1.807, 2.05) is 0 Å². The Morgan fingerprint density at radius 1 is 1.09 bits per heavy atom. The van der Waals surface area contributed by atoms with Crippen molar-refractivity contribution in [2.24, 2.45) is 0 Å². The van der Waals surface area contributed by atoms with Gasteiger partial charge in [0.2, 0.25) is 0 Å². The molecule has 10 heteroatoms. The van der Waals surface area contributed by atoms with E-state index < -0.39 is 30.5 Å². The fourth-order valence-electron chi connectivity index (χ4n) is 1.44. The quantitative estimate of drug-likeness (QED) is 0.803. The second-order valence-electron chi connectivity index (χ2n) is 4.28. The van der Waals surface area contributed by atoms with Gasteiger partial charge in [-0.1, -0.05) is 23.7 Å². The summed E-state index contributed by atoms with van der Waals surface area (Å²) in [6.07, 6.45) is -6.61. The number of hydrogen-bond acceptors (Lipinski definition) is 1. The van der Waals surface area contributed by atoms with Crippen molar-refractivity contribution in [2.75, 3.05) is 6.54 Å². The minimum absolute atomic E-state index is 0.0695. The van der Waals surface area contributed by atoms with Gasteiger partial charge in [0.15, 0.2) is 0 Å². The predicted molar refractivity (Wildman–Crippen MR) is 64.1 cm³/mol. The first-order valence-electron chi connectivity index (χ1n) is 5.74. The van der Waals surface area contributed by atoms with Crippen LogP contribution in [0, 0.1) is 0 Å². The number of nitrogens with one attached hydrogen (secondary N) is 1. The van der Waals surface area contributed by atoms with Crippen molar-refractivity contribution in [3.63, 3.8) is 0 Å². The molecule has 0 saturated heterocycles. The molecule has 1 aromatic rings. The molecule has 0 fully saturated rings. The molecule has 1 rings (SSSR count). The number of hydrogen-bond donors (Lipinski definition) is 1. The van der Waals surface area contributed by atoms with Crippen LogP contribution in [0.4, 0.5) is 30.7 Å². The molecule has 0 aliphatic rings. The first-order valence-corrected chi connectivity index (χ1v) is 6.12. The molecule has 124 valence electrons. The molecule has 0 saturated carbocycles. The maximum Gasteiger partial charge on any atom is 0.460 e. The average Bonchev–Trinajstić information content (AvgIpc) is 2.37. The van der Waals surface area contributed by atoms with Gasteiger partial charge in [-0.25, -0.2) is 0 Å². The highest BCUT2D eigenvalue weighted by atomic mass is 35.5. The summed E-state index contributed by atoms with van der Waals surface area (Å²) < 4.78 is 86.9. The Hall–Kier alpha value is -1.51. The molecule has 0 atom stereocenters. The molecule has 0 unspecified atom stereocenters. The molecule has 1 N–H and O–H groups in total. The molecule has 0 bridgehead atoms. The molecular formula is C12H9ClF7NO. The largest absolute Gasteiger partial charge is 0.460 e. The van der Waals surface area contributed by atoms with Crippen molar-refractivity contribution in [2.45, 2.75) is 24.4 Å². The van der Waals surface area contributed by atoms with Crippen LogP contribution in [0.5, 0.6) is 0 Å². The molecule has 0 radical (unpaired) electrons. The number of benzene rings is 1. The van der Waals surface area contributed by atoms with Crippen LogP contribution in [0.3, 0.4) is 0 Å². The molecule has 0 aromatic heterocycles. The Kier molecular flexibility index (Phi) is 5.32. The van der Waals surface area contributed by atoms with Gasteiger partial charge in [-0.3, -0.25) is 4.79 Å². The van der Waals surface area contributed by atoms with Crippen LogP contribution in [0.25, 0.3) is 0 Å². The van der Waals surface area contributed by atoms with Gasteiger partial charge < -0.3 is 5.32 Å². The Bertz CT molecular complexity index is 545. The van der Waals surface area contributed by atoms with E-state index in [1.54, 1.807) is 0 Å². The standard InChI is InChI=1S/C12H9ClF7NO/c13-8-3-1-2-7(6-8)4-5-21-9(22)10(14,15)11(16,17)12(18,19)20/h1-3,6H,4-5H2,(H,21,22). The number of carbonyl (C=O) groups is 1. The van der Waals surface area contributed by atoms with E-state index >= 15 is 0 Å². The number of rotatable bonds is 5. The third kappa shape index (κ3) is 3.82. The number of amides is 1.